The van der Waals surface area contributed by atoms with E-state index in [1.165, 1.54) is 4.57 Å². The Morgan fingerprint density at radius 2 is 2.20 bits per heavy atom. The molecule has 1 amide bonds. The van der Waals surface area contributed by atoms with Gasteiger partial charge in [-0.1, -0.05) is 0 Å². The van der Waals surface area contributed by atoms with Crippen LogP contribution in [-0.2, 0) is 9.53 Å². The van der Waals surface area contributed by atoms with Crippen LogP contribution < -0.4 is 11.3 Å². The second-order valence-corrected chi connectivity index (χ2v) is 4.80. The van der Waals surface area contributed by atoms with E-state index in [0.717, 1.165) is 6.20 Å². The number of esters is 1. The molecule has 0 aromatic carbocycles. The zero-order chi connectivity index (χ0) is 14.9. The topological polar surface area (TPSA) is 104 Å². The number of fused-ring (bicyclic) bond motifs is 1. The zero-order valence-corrected chi connectivity index (χ0v) is 11.5. The number of carbonyl (C=O) groups is 2. The molecule has 2 atom stereocenters. The van der Waals surface area contributed by atoms with Crippen molar-refractivity contribution in [1.29, 1.82) is 0 Å². The summed E-state index contributed by atoms with van der Waals surface area (Å²) in [5.74, 6) is -1.44. The number of nitrogens with two attached hydrogens (primary N) is 1. The molecule has 2 unspecified atom stereocenters. The van der Waals surface area contributed by atoms with Crippen LogP contribution in [0.5, 0.6) is 0 Å². The van der Waals surface area contributed by atoms with Gasteiger partial charge in [0.25, 0.3) is 11.5 Å². The van der Waals surface area contributed by atoms with Crippen LogP contribution in [0.4, 0.5) is 0 Å². The highest BCUT2D eigenvalue weighted by atomic mass is 16.5. The number of aromatic nitrogens is 2. The van der Waals surface area contributed by atoms with Gasteiger partial charge in [-0.05, 0) is 26.7 Å². The van der Waals surface area contributed by atoms with Crippen LogP contribution in [0.25, 0.3) is 0 Å². The van der Waals surface area contributed by atoms with Crippen LogP contribution in [0.3, 0.4) is 0 Å². The van der Waals surface area contributed by atoms with E-state index >= 15 is 0 Å². The predicted octanol–water partition coefficient (Wildman–Crippen LogP) is 0.344. The molecule has 0 aliphatic carbocycles. The number of primary amides is 1. The van der Waals surface area contributed by atoms with Crippen molar-refractivity contribution in [3.8, 4) is 0 Å². The van der Waals surface area contributed by atoms with Crippen molar-refractivity contribution in [1.82, 2.24) is 9.55 Å². The van der Waals surface area contributed by atoms with Gasteiger partial charge < -0.3 is 10.5 Å². The fraction of sp³-hybridized carbons (Fsp3) is 0.538. The summed E-state index contributed by atoms with van der Waals surface area (Å²) in [6, 6.07) is -0.130. The molecule has 2 rings (SSSR count). The number of ether oxygens (including phenoxy) is 1. The fourth-order valence-electron chi connectivity index (χ4n) is 2.47. The molecule has 0 fully saturated rings. The SMILES string of the molecule is CCOC(=O)C1CCC(C)n2c1ncc(C(N)=O)c2=O. The summed E-state index contributed by atoms with van der Waals surface area (Å²) >= 11 is 0. The highest BCUT2D eigenvalue weighted by Crippen LogP contribution is 2.31. The molecule has 1 aromatic heterocycles. The van der Waals surface area contributed by atoms with Crippen LogP contribution in [0, 0.1) is 0 Å². The van der Waals surface area contributed by atoms with Crippen LogP contribution >= 0.6 is 0 Å². The number of carbonyl (C=O) groups excluding carboxylic acids is 2. The van der Waals surface area contributed by atoms with Crippen molar-refractivity contribution in [2.45, 2.75) is 38.6 Å². The minimum Gasteiger partial charge on any atom is -0.465 e. The summed E-state index contributed by atoms with van der Waals surface area (Å²) in [6.07, 6.45) is 2.35. The minimum atomic E-state index is -0.816. The molecule has 1 aliphatic rings. The highest BCUT2D eigenvalue weighted by Gasteiger charge is 2.33. The monoisotopic (exact) mass is 279 g/mol. The van der Waals surface area contributed by atoms with Crippen molar-refractivity contribution in [3.63, 3.8) is 0 Å². The van der Waals surface area contributed by atoms with Gasteiger partial charge in [0, 0.05) is 12.2 Å². The molecule has 108 valence electrons. The maximum atomic E-state index is 12.3. The van der Waals surface area contributed by atoms with Gasteiger partial charge in [-0.2, -0.15) is 0 Å². The van der Waals surface area contributed by atoms with E-state index in [-0.39, 0.29) is 18.2 Å². The van der Waals surface area contributed by atoms with Crippen molar-refractivity contribution in [2.75, 3.05) is 6.61 Å². The third kappa shape index (κ3) is 2.31. The van der Waals surface area contributed by atoms with Crippen molar-refractivity contribution in [2.24, 2.45) is 5.73 Å². The van der Waals surface area contributed by atoms with E-state index < -0.39 is 23.4 Å². The van der Waals surface area contributed by atoms with Gasteiger partial charge in [-0.15, -0.1) is 0 Å². The Morgan fingerprint density at radius 3 is 2.80 bits per heavy atom. The van der Waals surface area contributed by atoms with Crippen molar-refractivity contribution >= 4 is 11.9 Å². The lowest BCUT2D eigenvalue weighted by atomic mass is 9.94. The van der Waals surface area contributed by atoms with E-state index in [4.69, 9.17) is 10.5 Å². The van der Waals surface area contributed by atoms with Gasteiger partial charge in [-0.25, -0.2) is 4.98 Å². The van der Waals surface area contributed by atoms with E-state index in [1.807, 2.05) is 6.92 Å². The minimum absolute atomic E-state index is 0.130. The summed E-state index contributed by atoms with van der Waals surface area (Å²) in [7, 11) is 0. The molecule has 1 aromatic rings. The molecule has 0 bridgehead atoms. The maximum Gasteiger partial charge on any atom is 0.316 e. The molecule has 0 saturated carbocycles. The summed E-state index contributed by atoms with van der Waals surface area (Å²) in [4.78, 5) is 39.5. The molecule has 1 aliphatic heterocycles. The first-order valence-electron chi connectivity index (χ1n) is 6.55. The summed E-state index contributed by atoms with van der Waals surface area (Å²) in [5.41, 5.74) is 4.49. The quantitative estimate of drug-likeness (QED) is 0.803. The van der Waals surface area contributed by atoms with Crippen LogP contribution in [0.2, 0.25) is 0 Å². The Kier molecular flexibility index (Phi) is 3.87. The molecule has 7 nitrogen and oxygen atoms in total. The average Bonchev–Trinajstić information content (AvgIpc) is 2.38. The highest BCUT2D eigenvalue weighted by molar-refractivity contribution is 5.92. The number of rotatable bonds is 3. The standard InChI is InChI=1S/C13H17N3O4/c1-3-20-13(19)8-5-4-7(2)16-11(8)15-6-9(10(14)17)12(16)18/h6-8H,3-5H2,1-2H3,(H2,14,17). The third-order valence-corrected chi connectivity index (χ3v) is 3.48. The second-order valence-electron chi connectivity index (χ2n) is 4.80. The van der Waals surface area contributed by atoms with Crippen molar-refractivity contribution in [3.05, 3.63) is 27.9 Å². The lowest BCUT2D eigenvalue weighted by Gasteiger charge is -2.29. The fourth-order valence-corrected chi connectivity index (χ4v) is 2.47. The van der Waals surface area contributed by atoms with Gasteiger partial charge >= 0.3 is 5.97 Å². The van der Waals surface area contributed by atoms with Crippen molar-refractivity contribution < 1.29 is 14.3 Å². The lowest BCUT2D eigenvalue weighted by Crippen LogP contribution is -2.39. The first kappa shape index (κ1) is 14.2. The molecular weight excluding hydrogens is 262 g/mol. The Labute approximate surface area is 115 Å². The number of nitrogens with zero attached hydrogens (tertiary/aromatic N) is 2. The number of amides is 1. The lowest BCUT2D eigenvalue weighted by molar-refractivity contribution is -0.145. The number of hydrogen-bond acceptors (Lipinski definition) is 5. The smallest absolute Gasteiger partial charge is 0.316 e. The molecule has 2 heterocycles. The number of hydrogen-bond donors (Lipinski definition) is 1. The predicted molar refractivity (Wildman–Crippen MR) is 70.3 cm³/mol. The third-order valence-electron chi connectivity index (χ3n) is 3.48. The van der Waals surface area contributed by atoms with E-state index in [0.29, 0.717) is 18.7 Å². The molecule has 2 N–H and O–H groups in total. The van der Waals surface area contributed by atoms with E-state index in [9.17, 15) is 14.4 Å². The van der Waals surface area contributed by atoms with Gasteiger partial charge in [0.15, 0.2) is 0 Å². The molecule has 0 spiro atoms. The molecule has 0 radical (unpaired) electrons. The van der Waals surface area contributed by atoms with E-state index in [1.54, 1.807) is 6.92 Å². The molecule has 7 heteroatoms. The van der Waals surface area contributed by atoms with Gasteiger partial charge in [0.05, 0.1) is 6.61 Å². The molecular formula is C13H17N3O4. The maximum absolute atomic E-state index is 12.3. The van der Waals surface area contributed by atoms with Crippen LogP contribution in [0.1, 0.15) is 54.8 Å². The second kappa shape index (κ2) is 5.44. The summed E-state index contributed by atoms with van der Waals surface area (Å²) in [5, 5.41) is 0. The zero-order valence-electron chi connectivity index (χ0n) is 11.5. The largest absolute Gasteiger partial charge is 0.465 e. The van der Waals surface area contributed by atoms with Gasteiger partial charge in [0.1, 0.15) is 17.3 Å². The van der Waals surface area contributed by atoms with Crippen LogP contribution in [0.15, 0.2) is 11.0 Å². The van der Waals surface area contributed by atoms with Gasteiger partial charge in [-0.3, -0.25) is 19.0 Å². The van der Waals surface area contributed by atoms with E-state index in [2.05, 4.69) is 4.98 Å². The first-order valence-corrected chi connectivity index (χ1v) is 6.55. The summed E-state index contributed by atoms with van der Waals surface area (Å²) < 4.78 is 6.39. The molecule has 20 heavy (non-hydrogen) atoms. The van der Waals surface area contributed by atoms with Gasteiger partial charge in [0.2, 0.25) is 0 Å². The Hall–Kier alpha value is -2.18. The Bertz CT molecular complexity index is 608. The van der Waals surface area contributed by atoms with Crippen LogP contribution in [-0.4, -0.2) is 28.0 Å². The summed E-state index contributed by atoms with van der Waals surface area (Å²) in [6.45, 7) is 3.84. The normalized spacial score (nSPS) is 21.1. The Balaban J connectivity index is 2.54. The molecule has 0 saturated heterocycles. The Morgan fingerprint density at radius 1 is 1.50 bits per heavy atom. The first-order chi connectivity index (χ1) is 9.47. The average molecular weight is 279 g/mol.